The van der Waals surface area contributed by atoms with Crippen LogP contribution in [0.4, 0.5) is 9.59 Å². The fourth-order valence-corrected chi connectivity index (χ4v) is 3.28. The van der Waals surface area contributed by atoms with Crippen LogP contribution < -0.4 is 15.4 Å². The number of hydrogen-bond donors (Lipinski definition) is 4. The number of carbonyl (C=O) groups is 4. The Kier molecular flexibility index (Phi) is 10.3. The lowest BCUT2D eigenvalue weighted by atomic mass is 10.1. The van der Waals surface area contributed by atoms with Gasteiger partial charge in [0.1, 0.15) is 34.8 Å². The van der Waals surface area contributed by atoms with E-state index in [-0.39, 0.29) is 24.3 Å². The summed E-state index contributed by atoms with van der Waals surface area (Å²) in [6.45, 7) is 10.1. The zero-order valence-electron chi connectivity index (χ0n) is 22.9. The highest BCUT2D eigenvalue weighted by Crippen LogP contribution is 2.17. The molecule has 0 bridgehead atoms. The molecule has 0 heterocycles. The van der Waals surface area contributed by atoms with Gasteiger partial charge in [0.2, 0.25) is 0 Å². The van der Waals surface area contributed by atoms with Gasteiger partial charge in [-0.05, 0) is 76.9 Å². The molecule has 0 saturated heterocycles. The van der Waals surface area contributed by atoms with Crippen LogP contribution in [0.2, 0.25) is 0 Å². The molecule has 11 heteroatoms. The summed E-state index contributed by atoms with van der Waals surface area (Å²) < 4.78 is 15.9. The maximum absolute atomic E-state index is 13.0. The van der Waals surface area contributed by atoms with Crippen molar-refractivity contribution in [3.8, 4) is 11.5 Å². The quantitative estimate of drug-likeness (QED) is 0.271. The number of carboxylic acids is 1. The third-order valence-electron chi connectivity index (χ3n) is 4.92. The monoisotopic (exact) mass is 544 g/mol. The summed E-state index contributed by atoms with van der Waals surface area (Å²) in [4.78, 5) is 49.0. The first-order valence-corrected chi connectivity index (χ1v) is 12.3. The summed E-state index contributed by atoms with van der Waals surface area (Å²) in [6, 6.07) is 9.90. The van der Waals surface area contributed by atoms with Crippen molar-refractivity contribution in [3.05, 3.63) is 59.7 Å². The smallest absolute Gasteiger partial charge is 0.408 e. The van der Waals surface area contributed by atoms with E-state index < -0.39 is 47.4 Å². The van der Waals surface area contributed by atoms with Crippen molar-refractivity contribution in [2.45, 2.75) is 77.7 Å². The van der Waals surface area contributed by atoms with Crippen LogP contribution in [-0.2, 0) is 31.9 Å². The van der Waals surface area contributed by atoms with Gasteiger partial charge < -0.3 is 35.1 Å². The number of esters is 1. The third-order valence-corrected chi connectivity index (χ3v) is 4.92. The average Bonchev–Trinajstić information content (AvgIpc) is 2.78. The van der Waals surface area contributed by atoms with Gasteiger partial charge in [0, 0.05) is 12.8 Å². The summed E-state index contributed by atoms with van der Waals surface area (Å²) in [5, 5.41) is 23.9. The van der Waals surface area contributed by atoms with Gasteiger partial charge in [0.05, 0.1) is 0 Å². The van der Waals surface area contributed by atoms with Gasteiger partial charge in [0.15, 0.2) is 0 Å². The number of ether oxygens (including phenoxy) is 3. The molecule has 2 aromatic rings. The zero-order valence-corrected chi connectivity index (χ0v) is 22.9. The van der Waals surface area contributed by atoms with Crippen molar-refractivity contribution in [2.75, 3.05) is 0 Å². The number of carbonyl (C=O) groups excluding carboxylic acids is 3. The Morgan fingerprint density at radius 1 is 0.718 bits per heavy atom. The maximum atomic E-state index is 13.0. The number of aliphatic carboxylic acids is 1. The number of alkyl carbamates (subject to hydrolysis) is 2. The van der Waals surface area contributed by atoms with Crippen molar-refractivity contribution in [1.82, 2.24) is 10.6 Å². The van der Waals surface area contributed by atoms with E-state index in [4.69, 9.17) is 14.2 Å². The number of amides is 2. The van der Waals surface area contributed by atoms with E-state index in [1.807, 2.05) is 0 Å². The van der Waals surface area contributed by atoms with Crippen LogP contribution in [-0.4, -0.2) is 57.6 Å². The lowest BCUT2D eigenvalue weighted by Crippen LogP contribution is -2.46. The molecular weight excluding hydrogens is 508 g/mol. The van der Waals surface area contributed by atoms with E-state index in [1.165, 1.54) is 24.3 Å². The minimum Gasteiger partial charge on any atom is -0.508 e. The molecule has 2 aromatic carbocycles. The third kappa shape index (κ3) is 11.8. The van der Waals surface area contributed by atoms with E-state index >= 15 is 0 Å². The van der Waals surface area contributed by atoms with Crippen molar-refractivity contribution in [2.24, 2.45) is 0 Å². The number of hydrogen-bond acceptors (Lipinski definition) is 8. The fourth-order valence-electron chi connectivity index (χ4n) is 3.28. The lowest BCUT2D eigenvalue weighted by molar-refractivity contribution is -0.139. The summed E-state index contributed by atoms with van der Waals surface area (Å²) in [5.41, 5.74) is -0.333. The highest BCUT2D eigenvalue weighted by atomic mass is 16.6. The first-order valence-electron chi connectivity index (χ1n) is 12.3. The lowest BCUT2D eigenvalue weighted by Gasteiger charge is -2.23. The number of nitrogens with one attached hydrogen (secondary N) is 2. The van der Waals surface area contributed by atoms with Crippen LogP contribution in [0.15, 0.2) is 48.5 Å². The van der Waals surface area contributed by atoms with Crippen LogP contribution in [0.1, 0.15) is 52.7 Å². The first kappa shape index (κ1) is 30.9. The number of rotatable bonds is 9. The van der Waals surface area contributed by atoms with Gasteiger partial charge >= 0.3 is 24.1 Å². The Bertz CT molecular complexity index is 1150. The molecule has 212 valence electrons. The van der Waals surface area contributed by atoms with Gasteiger partial charge in [0.25, 0.3) is 0 Å². The van der Waals surface area contributed by atoms with E-state index in [9.17, 15) is 29.4 Å². The standard InChI is InChI=1S/C28H36N2O9/c1-27(2,3)38-25(35)29-21(23(32)33)15-18-9-13-20(14-10-18)37-24(34)22(30-26(36)39-28(4,5)6)16-17-7-11-19(31)12-8-17/h7-14,21-22,31H,15-16H2,1-6H3,(H,29,35)(H,30,36)(H,32,33)/t21-,22+/m1/s1. The molecule has 39 heavy (non-hydrogen) atoms. The first-order chi connectivity index (χ1) is 18.0. The number of phenolic OH excluding ortho intramolecular Hbond substituents is 1. The SMILES string of the molecule is CC(C)(C)OC(=O)N[C@@H](Cc1ccc(O)cc1)C(=O)Oc1ccc(C[C@@H](NC(=O)OC(C)(C)C)C(=O)O)cc1. The van der Waals surface area contributed by atoms with E-state index in [0.29, 0.717) is 11.1 Å². The topological polar surface area (TPSA) is 160 Å². The summed E-state index contributed by atoms with van der Waals surface area (Å²) in [7, 11) is 0. The van der Waals surface area contributed by atoms with Crippen molar-refractivity contribution in [3.63, 3.8) is 0 Å². The van der Waals surface area contributed by atoms with Crippen LogP contribution in [0.3, 0.4) is 0 Å². The molecule has 0 aromatic heterocycles. The highest BCUT2D eigenvalue weighted by molar-refractivity contribution is 5.83. The molecule has 0 unspecified atom stereocenters. The van der Waals surface area contributed by atoms with E-state index in [0.717, 1.165) is 0 Å². The second-order valence-electron chi connectivity index (χ2n) is 10.9. The maximum Gasteiger partial charge on any atom is 0.408 e. The number of benzene rings is 2. The van der Waals surface area contributed by atoms with Gasteiger partial charge in [-0.2, -0.15) is 0 Å². The van der Waals surface area contributed by atoms with Crippen LogP contribution in [0.5, 0.6) is 11.5 Å². The number of aromatic hydroxyl groups is 1. The van der Waals surface area contributed by atoms with E-state index in [1.54, 1.807) is 65.8 Å². The molecule has 2 rings (SSSR count). The molecule has 2 atom stereocenters. The molecular formula is C28H36N2O9. The predicted octanol–water partition coefficient (Wildman–Crippen LogP) is 3.95. The molecule has 0 radical (unpaired) electrons. The summed E-state index contributed by atoms with van der Waals surface area (Å²) in [6.07, 6.45) is -1.60. The number of carboxylic acid groups (broad SMARTS) is 1. The predicted molar refractivity (Wildman–Crippen MR) is 142 cm³/mol. The Labute approximate surface area is 227 Å². The Morgan fingerprint density at radius 3 is 1.56 bits per heavy atom. The molecule has 11 nitrogen and oxygen atoms in total. The largest absolute Gasteiger partial charge is 0.508 e. The van der Waals surface area contributed by atoms with Crippen LogP contribution >= 0.6 is 0 Å². The van der Waals surface area contributed by atoms with Crippen molar-refractivity contribution >= 4 is 24.1 Å². The van der Waals surface area contributed by atoms with Gasteiger partial charge in [-0.25, -0.2) is 19.2 Å². The number of phenols is 1. The molecule has 0 aliphatic rings. The molecule has 0 saturated carbocycles. The molecule has 0 aliphatic carbocycles. The molecule has 0 aliphatic heterocycles. The molecule has 0 fully saturated rings. The van der Waals surface area contributed by atoms with Crippen molar-refractivity contribution in [1.29, 1.82) is 0 Å². The van der Waals surface area contributed by atoms with Gasteiger partial charge in [-0.3, -0.25) is 0 Å². The van der Waals surface area contributed by atoms with Crippen molar-refractivity contribution < 1.29 is 43.6 Å². The second kappa shape index (κ2) is 13.0. The Balaban J connectivity index is 2.10. The van der Waals surface area contributed by atoms with Crippen LogP contribution in [0.25, 0.3) is 0 Å². The second-order valence-corrected chi connectivity index (χ2v) is 10.9. The summed E-state index contributed by atoms with van der Waals surface area (Å²) >= 11 is 0. The normalized spacial score (nSPS) is 13.0. The summed E-state index contributed by atoms with van der Waals surface area (Å²) in [5.74, 6) is -1.76. The minimum atomic E-state index is -1.24. The van der Waals surface area contributed by atoms with Gasteiger partial charge in [-0.15, -0.1) is 0 Å². The molecule has 4 N–H and O–H groups in total. The fraction of sp³-hybridized carbons (Fsp3) is 0.429. The molecule has 0 spiro atoms. The molecule has 2 amide bonds. The van der Waals surface area contributed by atoms with Gasteiger partial charge in [-0.1, -0.05) is 24.3 Å². The highest BCUT2D eigenvalue weighted by Gasteiger charge is 2.27. The van der Waals surface area contributed by atoms with Crippen LogP contribution in [0, 0.1) is 0 Å². The Morgan fingerprint density at radius 2 is 1.13 bits per heavy atom. The zero-order chi connectivity index (χ0) is 29.4. The Hall–Kier alpha value is -4.28. The average molecular weight is 545 g/mol. The minimum absolute atomic E-state index is 0.0352. The van der Waals surface area contributed by atoms with E-state index in [2.05, 4.69) is 10.6 Å².